The molecule has 1 unspecified atom stereocenters. The van der Waals surface area contributed by atoms with Gasteiger partial charge in [0.2, 0.25) is 5.67 Å². The Hall–Kier alpha value is -0.990. The van der Waals surface area contributed by atoms with Crippen molar-refractivity contribution < 1.29 is 13.2 Å². The Labute approximate surface area is 139 Å². The van der Waals surface area contributed by atoms with Crippen molar-refractivity contribution in [3.63, 3.8) is 0 Å². The van der Waals surface area contributed by atoms with Crippen molar-refractivity contribution in [2.75, 3.05) is 0 Å². The minimum Gasteiger partial charge on any atom is -0.231 e. The fourth-order valence-corrected chi connectivity index (χ4v) is 3.42. The maximum atomic E-state index is 16.5. The molecule has 1 aromatic rings. The zero-order valence-electron chi connectivity index (χ0n) is 15.3. The third-order valence-electron chi connectivity index (χ3n) is 6.32. The molecule has 0 aliphatic carbocycles. The zero-order chi connectivity index (χ0) is 17.9. The Bertz CT molecular complexity index is 487. The average Bonchev–Trinajstić information content (AvgIpc) is 2.59. The van der Waals surface area contributed by atoms with E-state index in [4.69, 9.17) is 0 Å². The van der Waals surface area contributed by atoms with E-state index in [1.165, 1.54) is 19.1 Å². The van der Waals surface area contributed by atoms with E-state index in [2.05, 4.69) is 0 Å². The fourth-order valence-electron chi connectivity index (χ4n) is 3.42. The maximum Gasteiger partial charge on any atom is 0.291 e. The van der Waals surface area contributed by atoms with Gasteiger partial charge >= 0.3 is 0 Å². The van der Waals surface area contributed by atoms with Crippen LogP contribution in [0.15, 0.2) is 30.3 Å². The van der Waals surface area contributed by atoms with Gasteiger partial charge in [0.1, 0.15) is 0 Å². The van der Waals surface area contributed by atoms with E-state index in [9.17, 15) is 0 Å². The molecule has 132 valence electrons. The second-order valence-corrected chi connectivity index (χ2v) is 7.13. The Morgan fingerprint density at radius 3 is 1.43 bits per heavy atom. The molecule has 0 amide bonds. The van der Waals surface area contributed by atoms with E-state index in [0.29, 0.717) is 12.8 Å². The minimum absolute atomic E-state index is 0.0873. The maximum absolute atomic E-state index is 16.5. The van der Waals surface area contributed by atoms with Gasteiger partial charge in [-0.15, -0.1) is 0 Å². The van der Waals surface area contributed by atoms with E-state index < -0.39 is 22.4 Å². The van der Waals surface area contributed by atoms with Gasteiger partial charge in [-0.1, -0.05) is 71.9 Å². The van der Waals surface area contributed by atoms with E-state index in [1.54, 1.807) is 52.8 Å². The van der Waals surface area contributed by atoms with Crippen LogP contribution in [0.5, 0.6) is 0 Å². The summed E-state index contributed by atoms with van der Waals surface area (Å²) in [7, 11) is 0. The molecule has 0 aliphatic rings. The van der Waals surface area contributed by atoms with Crippen molar-refractivity contribution in [3.05, 3.63) is 35.9 Å². The molecule has 0 radical (unpaired) electrons. The molecule has 1 atom stereocenters. The first-order valence-electron chi connectivity index (χ1n) is 8.72. The lowest BCUT2D eigenvalue weighted by Gasteiger charge is -2.52. The van der Waals surface area contributed by atoms with E-state index in [0.717, 1.165) is 0 Å². The summed E-state index contributed by atoms with van der Waals surface area (Å²) in [4.78, 5) is 0. The van der Waals surface area contributed by atoms with Gasteiger partial charge < -0.3 is 0 Å². The van der Waals surface area contributed by atoms with Crippen LogP contribution in [0.2, 0.25) is 0 Å². The number of benzene rings is 1. The highest BCUT2D eigenvalue weighted by Crippen LogP contribution is 2.63. The highest BCUT2D eigenvalue weighted by atomic mass is 19.3. The summed E-state index contributed by atoms with van der Waals surface area (Å²) in [5.74, 6) is -3.47. The summed E-state index contributed by atoms with van der Waals surface area (Å²) in [6.07, 6.45) is 1.18. The van der Waals surface area contributed by atoms with E-state index in [-0.39, 0.29) is 18.4 Å². The Kier molecular flexibility index (Phi) is 5.98. The zero-order valence-corrected chi connectivity index (χ0v) is 15.3. The summed E-state index contributed by atoms with van der Waals surface area (Å²) in [5, 5.41) is 0. The second-order valence-electron chi connectivity index (χ2n) is 7.13. The van der Waals surface area contributed by atoms with Crippen molar-refractivity contribution >= 4 is 0 Å². The number of rotatable bonds is 8. The van der Waals surface area contributed by atoms with Gasteiger partial charge in [0.05, 0.1) is 0 Å². The molecule has 0 bridgehead atoms. The molecular formula is C20H31F3. The van der Waals surface area contributed by atoms with Crippen LogP contribution in [-0.4, -0.2) is 5.92 Å². The lowest BCUT2D eigenvalue weighted by Crippen LogP contribution is -2.59. The Balaban J connectivity index is 3.72. The van der Waals surface area contributed by atoms with Crippen LogP contribution < -0.4 is 0 Å². The molecule has 3 heteroatoms. The molecule has 0 spiro atoms. The van der Waals surface area contributed by atoms with Crippen LogP contribution in [0.3, 0.4) is 0 Å². The molecule has 1 rings (SSSR count). The molecule has 23 heavy (non-hydrogen) atoms. The largest absolute Gasteiger partial charge is 0.291 e. The molecular weight excluding hydrogens is 297 g/mol. The quantitative estimate of drug-likeness (QED) is 0.476. The van der Waals surface area contributed by atoms with Crippen LogP contribution in [0.1, 0.15) is 72.8 Å². The third kappa shape index (κ3) is 2.81. The SMILES string of the molecule is CCC(C)(CC)C(F)(F)C(F)(c1ccccc1)C(C)(CC)CC. The van der Waals surface area contributed by atoms with Gasteiger partial charge in [-0.05, 0) is 31.2 Å². The van der Waals surface area contributed by atoms with Crippen molar-refractivity contribution in [1.82, 2.24) is 0 Å². The standard InChI is InChI=1S/C20H31F3/c1-7-17(5,8-2)19(21,16-14-12-11-13-15-16)20(22,23)18(6,9-3)10-4/h11-15H,7-10H2,1-6H3. The first-order valence-corrected chi connectivity index (χ1v) is 8.72. The molecule has 0 N–H and O–H groups in total. The topological polar surface area (TPSA) is 0 Å². The summed E-state index contributed by atoms with van der Waals surface area (Å²) in [5.41, 5.74) is -5.14. The van der Waals surface area contributed by atoms with E-state index in [1.807, 2.05) is 0 Å². The summed E-state index contributed by atoms with van der Waals surface area (Å²) in [6.45, 7) is 10.2. The first-order chi connectivity index (χ1) is 10.6. The normalized spacial score (nSPS) is 16.2. The highest BCUT2D eigenvalue weighted by Gasteiger charge is 2.70. The molecule has 1 aromatic carbocycles. The lowest BCUT2D eigenvalue weighted by molar-refractivity contribution is -0.262. The average molecular weight is 328 g/mol. The smallest absolute Gasteiger partial charge is 0.231 e. The predicted molar refractivity (Wildman–Crippen MR) is 91.6 cm³/mol. The van der Waals surface area contributed by atoms with Crippen molar-refractivity contribution in [2.45, 2.75) is 78.8 Å². The van der Waals surface area contributed by atoms with Crippen LogP contribution in [0.25, 0.3) is 0 Å². The highest BCUT2D eigenvalue weighted by molar-refractivity contribution is 5.30. The Morgan fingerprint density at radius 1 is 0.696 bits per heavy atom. The lowest BCUT2D eigenvalue weighted by atomic mass is 9.58. The minimum atomic E-state index is -3.47. The third-order valence-corrected chi connectivity index (χ3v) is 6.32. The molecule has 0 aromatic heterocycles. The van der Waals surface area contributed by atoms with Crippen molar-refractivity contribution in [3.8, 4) is 0 Å². The summed E-state index contributed by atoms with van der Waals surface area (Å²) in [6, 6.07) is 8.02. The molecule has 0 heterocycles. The first kappa shape index (κ1) is 20.1. The van der Waals surface area contributed by atoms with Gasteiger partial charge in [-0.3, -0.25) is 0 Å². The second kappa shape index (κ2) is 6.86. The molecule has 0 saturated carbocycles. The van der Waals surface area contributed by atoms with E-state index >= 15 is 13.2 Å². The van der Waals surface area contributed by atoms with Gasteiger partial charge in [-0.2, -0.15) is 0 Å². The van der Waals surface area contributed by atoms with Crippen LogP contribution in [0.4, 0.5) is 13.2 Å². The van der Waals surface area contributed by atoms with Gasteiger partial charge in [0.15, 0.2) is 0 Å². The summed E-state index contributed by atoms with van der Waals surface area (Å²) >= 11 is 0. The number of hydrogen-bond acceptors (Lipinski definition) is 0. The van der Waals surface area contributed by atoms with Crippen molar-refractivity contribution in [1.29, 1.82) is 0 Å². The van der Waals surface area contributed by atoms with Crippen LogP contribution in [0, 0.1) is 10.8 Å². The molecule has 0 nitrogen and oxygen atoms in total. The Morgan fingerprint density at radius 2 is 1.09 bits per heavy atom. The predicted octanol–water partition coefficient (Wildman–Crippen LogP) is 7.14. The number of halogens is 3. The van der Waals surface area contributed by atoms with Gasteiger partial charge in [-0.25, -0.2) is 13.2 Å². The summed E-state index contributed by atoms with van der Waals surface area (Å²) < 4.78 is 47.9. The monoisotopic (exact) mass is 328 g/mol. The van der Waals surface area contributed by atoms with Gasteiger partial charge in [0.25, 0.3) is 5.92 Å². The number of hydrogen-bond donors (Lipinski definition) is 0. The molecule has 0 fully saturated rings. The van der Waals surface area contributed by atoms with Crippen LogP contribution in [-0.2, 0) is 5.67 Å². The molecule has 0 saturated heterocycles. The molecule has 0 aliphatic heterocycles. The van der Waals surface area contributed by atoms with Crippen LogP contribution >= 0.6 is 0 Å². The number of alkyl halides is 3. The van der Waals surface area contributed by atoms with Crippen molar-refractivity contribution in [2.24, 2.45) is 10.8 Å². The van der Waals surface area contributed by atoms with Gasteiger partial charge in [0, 0.05) is 10.8 Å². The fraction of sp³-hybridized carbons (Fsp3) is 0.700.